The zero-order valence-corrected chi connectivity index (χ0v) is 25.1. The van der Waals surface area contributed by atoms with Gasteiger partial charge in [-0.05, 0) is 61.2 Å². The van der Waals surface area contributed by atoms with Gasteiger partial charge in [-0.15, -0.1) is 0 Å². The fourth-order valence-corrected chi connectivity index (χ4v) is 5.33. The number of urea groups is 1. The lowest BCUT2D eigenvalue weighted by Crippen LogP contribution is -2.46. The molecule has 5 rings (SSSR count). The largest absolute Gasteiger partial charge is 0.492 e. The monoisotopic (exact) mass is 567 g/mol. The van der Waals surface area contributed by atoms with Crippen molar-refractivity contribution in [3.63, 3.8) is 0 Å². The van der Waals surface area contributed by atoms with Crippen LogP contribution in [0.5, 0.6) is 17.2 Å². The Morgan fingerprint density at radius 3 is 2.19 bits per heavy atom. The fourth-order valence-electron chi connectivity index (χ4n) is 5.33. The Bertz CT molecular complexity index is 1510. The Kier molecular flexibility index (Phi) is 9.00. The van der Waals surface area contributed by atoms with Crippen molar-refractivity contribution in [3.8, 4) is 17.2 Å². The van der Waals surface area contributed by atoms with Crippen molar-refractivity contribution in [2.45, 2.75) is 52.2 Å². The molecule has 1 heterocycles. The number of amides is 2. The van der Waals surface area contributed by atoms with Gasteiger partial charge in [0.05, 0.1) is 23.6 Å². The van der Waals surface area contributed by atoms with Crippen molar-refractivity contribution in [1.82, 2.24) is 4.90 Å². The number of carbonyl (C=O) groups is 1. The summed E-state index contributed by atoms with van der Waals surface area (Å²) in [5.74, 6) is 2.06. The molecule has 1 aliphatic rings. The standard InChI is InChI=1S/C35H41N3O4/c1-24-22-38(23-25(2)41-24)19-20-40-32-18-16-30(28-13-9-10-14-29(28)32)36-34(39)37-31-21-26(35(3,4)5)15-17-33(31)42-27-11-7-6-8-12-27/h6-18,21,24-25H,19-20,22-23H2,1-5H3,(H2,36,37,39). The highest BCUT2D eigenvalue weighted by molar-refractivity contribution is 6.08. The molecule has 2 atom stereocenters. The lowest BCUT2D eigenvalue weighted by molar-refractivity contribution is -0.0699. The molecule has 220 valence electrons. The van der Waals surface area contributed by atoms with E-state index in [0.717, 1.165) is 41.7 Å². The maximum atomic E-state index is 13.4. The van der Waals surface area contributed by atoms with Crippen LogP contribution in [0.3, 0.4) is 0 Å². The normalized spacial score (nSPS) is 17.5. The maximum Gasteiger partial charge on any atom is 0.323 e. The van der Waals surface area contributed by atoms with Crippen molar-refractivity contribution < 1.29 is 19.0 Å². The van der Waals surface area contributed by atoms with Crippen LogP contribution in [0.25, 0.3) is 10.8 Å². The Labute approximate surface area is 248 Å². The molecule has 2 amide bonds. The van der Waals surface area contributed by atoms with Crippen LogP contribution >= 0.6 is 0 Å². The molecule has 2 unspecified atom stereocenters. The Morgan fingerprint density at radius 1 is 0.833 bits per heavy atom. The molecule has 0 saturated carbocycles. The number of carbonyl (C=O) groups excluding carboxylic acids is 1. The van der Waals surface area contributed by atoms with Gasteiger partial charge in [0.2, 0.25) is 0 Å². The minimum absolute atomic E-state index is 0.0948. The maximum absolute atomic E-state index is 13.4. The van der Waals surface area contributed by atoms with Crippen LogP contribution in [0.1, 0.15) is 40.2 Å². The van der Waals surface area contributed by atoms with Crippen LogP contribution < -0.4 is 20.1 Å². The average Bonchev–Trinajstić information content (AvgIpc) is 2.94. The molecular weight excluding hydrogens is 526 g/mol. The number of hydrogen-bond donors (Lipinski definition) is 2. The lowest BCUT2D eigenvalue weighted by atomic mass is 9.87. The number of anilines is 2. The molecule has 4 aromatic carbocycles. The second-order valence-electron chi connectivity index (χ2n) is 12.0. The number of ether oxygens (including phenoxy) is 3. The second-order valence-corrected chi connectivity index (χ2v) is 12.0. The summed E-state index contributed by atoms with van der Waals surface area (Å²) in [6, 6.07) is 26.9. The van der Waals surface area contributed by atoms with Gasteiger partial charge in [-0.1, -0.05) is 69.3 Å². The van der Waals surface area contributed by atoms with Gasteiger partial charge >= 0.3 is 6.03 Å². The summed E-state index contributed by atoms with van der Waals surface area (Å²) in [6.07, 6.45) is 0.450. The smallest absolute Gasteiger partial charge is 0.323 e. The van der Waals surface area contributed by atoms with E-state index in [4.69, 9.17) is 14.2 Å². The zero-order chi connectivity index (χ0) is 29.7. The molecule has 7 nitrogen and oxygen atoms in total. The van der Waals surface area contributed by atoms with E-state index in [0.29, 0.717) is 29.5 Å². The van der Waals surface area contributed by atoms with E-state index < -0.39 is 0 Å². The number of benzene rings is 4. The van der Waals surface area contributed by atoms with E-state index in [1.54, 1.807) is 0 Å². The van der Waals surface area contributed by atoms with Crippen LogP contribution in [-0.2, 0) is 10.2 Å². The number of rotatable bonds is 8. The van der Waals surface area contributed by atoms with Gasteiger partial charge in [-0.25, -0.2) is 4.79 Å². The van der Waals surface area contributed by atoms with Gasteiger partial charge in [0.25, 0.3) is 0 Å². The number of hydrogen-bond acceptors (Lipinski definition) is 5. The second kappa shape index (κ2) is 12.8. The predicted molar refractivity (Wildman–Crippen MR) is 170 cm³/mol. The van der Waals surface area contributed by atoms with Gasteiger partial charge < -0.3 is 24.8 Å². The summed E-state index contributed by atoms with van der Waals surface area (Å²) in [4.78, 5) is 15.7. The summed E-state index contributed by atoms with van der Waals surface area (Å²) < 4.78 is 18.2. The van der Waals surface area contributed by atoms with Crippen molar-refractivity contribution >= 4 is 28.2 Å². The van der Waals surface area contributed by atoms with Crippen LogP contribution in [0, 0.1) is 0 Å². The molecule has 42 heavy (non-hydrogen) atoms. The molecule has 0 aromatic heterocycles. The number of para-hydroxylation sites is 1. The summed E-state index contributed by atoms with van der Waals surface area (Å²) in [5, 5.41) is 7.92. The highest BCUT2D eigenvalue weighted by atomic mass is 16.5. The first kappa shape index (κ1) is 29.4. The molecule has 1 saturated heterocycles. The highest BCUT2D eigenvalue weighted by Gasteiger charge is 2.22. The SMILES string of the molecule is CC1CN(CCOc2ccc(NC(=O)Nc3cc(C(C)(C)C)ccc3Oc3ccccc3)c3ccccc23)CC(C)O1. The van der Waals surface area contributed by atoms with Gasteiger partial charge in [0.15, 0.2) is 5.75 Å². The molecule has 0 spiro atoms. The number of fused-ring (bicyclic) bond motifs is 1. The van der Waals surface area contributed by atoms with E-state index in [9.17, 15) is 4.79 Å². The van der Waals surface area contributed by atoms with Crippen molar-refractivity contribution in [2.24, 2.45) is 0 Å². The predicted octanol–water partition coefficient (Wildman–Crippen LogP) is 8.06. The van der Waals surface area contributed by atoms with Gasteiger partial charge in [0.1, 0.15) is 18.1 Å². The molecule has 4 aromatic rings. The molecule has 0 radical (unpaired) electrons. The molecule has 1 aliphatic heterocycles. The number of morpholine rings is 1. The molecule has 1 fully saturated rings. The first-order chi connectivity index (χ1) is 20.2. The van der Waals surface area contributed by atoms with Gasteiger partial charge in [0, 0.05) is 30.4 Å². The van der Waals surface area contributed by atoms with E-state index in [-0.39, 0.29) is 23.7 Å². The fraction of sp³-hybridized carbons (Fsp3) is 0.343. The molecular formula is C35H41N3O4. The van der Waals surface area contributed by atoms with Crippen LogP contribution in [-0.4, -0.2) is 49.4 Å². The van der Waals surface area contributed by atoms with E-state index in [2.05, 4.69) is 50.2 Å². The Balaban J connectivity index is 1.31. The zero-order valence-electron chi connectivity index (χ0n) is 25.1. The van der Waals surface area contributed by atoms with Gasteiger partial charge in [-0.2, -0.15) is 0 Å². The van der Waals surface area contributed by atoms with Crippen LogP contribution in [0.15, 0.2) is 84.9 Å². The third-order valence-electron chi connectivity index (χ3n) is 7.36. The minimum atomic E-state index is -0.353. The van der Waals surface area contributed by atoms with Crippen LogP contribution in [0.4, 0.5) is 16.2 Å². The van der Waals surface area contributed by atoms with E-state index >= 15 is 0 Å². The minimum Gasteiger partial charge on any atom is -0.492 e. The van der Waals surface area contributed by atoms with Crippen LogP contribution in [0.2, 0.25) is 0 Å². The third kappa shape index (κ3) is 7.41. The lowest BCUT2D eigenvalue weighted by Gasteiger charge is -2.35. The topological polar surface area (TPSA) is 72.1 Å². The highest BCUT2D eigenvalue weighted by Crippen LogP contribution is 2.35. The molecule has 7 heteroatoms. The first-order valence-corrected chi connectivity index (χ1v) is 14.6. The Hall–Kier alpha value is -4.07. The molecule has 0 bridgehead atoms. The van der Waals surface area contributed by atoms with Crippen molar-refractivity contribution in [1.29, 1.82) is 0 Å². The quantitative estimate of drug-likeness (QED) is 0.225. The molecule has 2 N–H and O–H groups in total. The third-order valence-corrected chi connectivity index (χ3v) is 7.36. The summed E-state index contributed by atoms with van der Waals surface area (Å²) in [5.41, 5.74) is 2.29. The van der Waals surface area contributed by atoms with Crippen molar-refractivity contribution in [2.75, 3.05) is 36.9 Å². The number of nitrogens with one attached hydrogen (secondary N) is 2. The first-order valence-electron chi connectivity index (χ1n) is 14.6. The van der Waals surface area contributed by atoms with Crippen molar-refractivity contribution in [3.05, 3.63) is 90.5 Å². The molecule has 0 aliphatic carbocycles. The van der Waals surface area contributed by atoms with E-state index in [1.807, 2.05) is 84.9 Å². The average molecular weight is 568 g/mol. The summed E-state index contributed by atoms with van der Waals surface area (Å²) >= 11 is 0. The number of nitrogens with zero attached hydrogens (tertiary/aromatic N) is 1. The summed E-state index contributed by atoms with van der Waals surface area (Å²) in [6.45, 7) is 13.9. The summed E-state index contributed by atoms with van der Waals surface area (Å²) in [7, 11) is 0. The van der Waals surface area contributed by atoms with Gasteiger partial charge in [-0.3, -0.25) is 4.90 Å². The van der Waals surface area contributed by atoms with E-state index in [1.165, 1.54) is 0 Å². The Morgan fingerprint density at radius 2 is 1.48 bits per heavy atom.